The van der Waals surface area contributed by atoms with Crippen molar-refractivity contribution in [1.29, 1.82) is 0 Å². The Kier molecular flexibility index (Phi) is 5.51. The molecular formula is C24H25N7O. The van der Waals surface area contributed by atoms with Crippen LogP contribution in [0, 0.1) is 0 Å². The normalized spacial score (nSPS) is 14.5. The van der Waals surface area contributed by atoms with Gasteiger partial charge in [0.1, 0.15) is 17.9 Å². The average molecular weight is 428 g/mol. The van der Waals surface area contributed by atoms with Crippen LogP contribution in [0.25, 0.3) is 22.2 Å². The topological polar surface area (TPSA) is 79.3 Å². The molecule has 8 heteroatoms. The average Bonchev–Trinajstić information content (AvgIpc) is 2.84. The fourth-order valence-corrected chi connectivity index (χ4v) is 3.95. The lowest BCUT2D eigenvalue weighted by Gasteiger charge is -2.33. The Bertz CT molecular complexity index is 1240. The summed E-state index contributed by atoms with van der Waals surface area (Å²) in [5.74, 6) is 2.28. The minimum atomic E-state index is 0.515. The highest BCUT2D eigenvalue weighted by Crippen LogP contribution is 2.30. The van der Waals surface area contributed by atoms with Crippen LogP contribution < -0.4 is 15.0 Å². The molecule has 1 fully saturated rings. The molecule has 1 N–H and O–H groups in total. The molecule has 0 amide bonds. The zero-order valence-corrected chi connectivity index (χ0v) is 18.2. The number of piperazine rings is 1. The highest BCUT2D eigenvalue weighted by molar-refractivity contribution is 5.91. The molecule has 1 saturated heterocycles. The van der Waals surface area contributed by atoms with Crippen molar-refractivity contribution in [2.24, 2.45) is 0 Å². The second-order valence-electron chi connectivity index (χ2n) is 7.81. The Labute approximate surface area is 186 Å². The molecule has 8 nitrogen and oxygen atoms in total. The van der Waals surface area contributed by atoms with Gasteiger partial charge in [0.25, 0.3) is 0 Å². The van der Waals surface area contributed by atoms with E-state index in [1.807, 2.05) is 42.5 Å². The van der Waals surface area contributed by atoms with Crippen molar-refractivity contribution < 1.29 is 4.74 Å². The van der Waals surface area contributed by atoms with E-state index < -0.39 is 0 Å². The van der Waals surface area contributed by atoms with Crippen LogP contribution in [0.5, 0.6) is 5.75 Å². The van der Waals surface area contributed by atoms with E-state index in [1.165, 1.54) is 0 Å². The Morgan fingerprint density at radius 1 is 0.938 bits per heavy atom. The van der Waals surface area contributed by atoms with Gasteiger partial charge in [0.15, 0.2) is 0 Å². The van der Waals surface area contributed by atoms with Gasteiger partial charge in [-0.3, -0.25) is 0 Å². The summed E-state index contributed by atoms with van der Waals surface area (Å²) in [6.07, 6.45) is 3.38. The quantitative estimate of drug-likeness (QED) is 0.518. The lowest BCUT2D eigenvalue weighted by atomic mass is 10.1. The minimum absolute atomic E-state index is 0.515. The van der Waals surface area contributed by atoms with Gasteiger partial charge in [0.2, 0.25) is 5.95 Å². The Morgan fingerprint density at radius 3 is 2.62 bits per heavy atom. The lowest BCUT2D eigenvalue weighted by Crippen LogP contribution is -2.44. The standard InChI is InChI=1S/C24H25N7O/c1-30-11-13-31(14-12-30)23-19-8-7-17(15-21(19)26-16-27-23)28-24-25-10-9-20(29-24)18-5-3-4-6-22(18)32-2/h3-10,15-16H,11-14H2,1-2H3,(H,25,28,29). The predicted octanol–water partition coefficient (Wildman–Crippen LogP) is 3.59. The summed E-state index contributed by atoms with van der Waals surface area (Å²) in [5.41, 5.74) is 3.47. The van der Waals surface area contributed by atoms with E-state index in [4.69, 9.17) is 4.74 Å². The maximum atomic E-state index is 5.47. The van der Waals surface area contributed by atoms with Gasteiger partial charge >= 0.3 is 0 Å². The Hall–Kier alpha value is -3.78. The molecule has 3 heterocycles. The van der Waals surface area contributed by atoms with Crippen molar-refractivity contribution in [2.45, 2.75) is 0 Å². The largest absolute Gasteiger partial charge is 0.496 e. The summed E-state index contributed by atoms with van der Waals surface area (Å²) in [7, 11) is 3.81. The second-order valence-corrected chi connectivity index (χ2v) is 7.81. The SMILES string of the molecule is COc1ccccc1-c1ccnc(Nc2ccc3c(N4CCN(C)CC4)ncnc3c2)n1. The fraction of sp³-hybridized carbons (Fsp3) is 0.250. The number of benzene rings is 2. The molecule has 0 spiro atoms. The summed E-state index contributed by atoms with van der Waals surface area (Å²) in [6, 6.07) is 15.8. The lowest BCUT2D eigenvalue weighted by molar-refractivity contribution is 0.312. The number of rotatable bonds is 5. The number of likely N-dealkylation sites (N-methyl/N-ethyl adjacent to an activating group) is 1. The number of methoxy groups -OCH3 is 1. The van der Waals surface area contributed by atoms with Crippen LogP contribution in [0.2, 0.25) is 0 Å². The third-order valence-corrected chi connectivity index (χ3v) is 5.71. The molecule has 0 radical (unpaired) electrons. The van der Waals surface area contributed by atoms with Crippen LogP contribution in [-0.4, -0.2) is 65.2 Å². The van der Waals surface area contributed by atoms with Gasteiger partial charge in [-0.25, -0.2) is 19.9 Å². The number of nitrogens with one attached hydrogen (secondary N) is 1. The third kappa shape index (κ3) is 4.04. The van der Waals surface area contributed by atoms with Crippen molar-refractivity contribution in [1.82, 2.24) is 24.8 Å². The summed E-state index contributed by atoms with van der Waals surface area (Å²) in [4.78, 5) is 22.8. The van der Waals surface area contributed by atoms with Gasteiger partial charge in [0.05, 0.1) is 18.3 Å². The maximum Gasteiger partial charge on any atom is 0.227 e. The first-order valence-corrected chi connectivity index (χ1v) is 10.6. The van der Waals surface area contributed by atoms with E-state index in [2.05, 4.69) is 48.2 Å². The second kappa shape index (κ2) is 8.76. The fourth-order valence-electron chi connectivity index (χ4n) is 3.95. The molecule has 1 aliphatic heterocycles. The van der Waals surface area contributed by atoms with Crippen LogP contribution in [-0.2, 0) is 0 Å². The Balaban J connectivity index is 1.42. The van der Waals surface area contributed by atoms with E-state index >= 15 is 0 Å². The molecule has 4 aromatic rings. The van der Waals surface area contributed by atoms with Gasteiger partial charge in [-0.15, -0.1) is 0 Å². The van der Waals surface area contributed by atoms with Gasteiger partial charge in [-0.2, -0.15) is 0 Å². The van der Waals surface area contributed by atoms with Crippen molar-refractivity contribution in [2.75, 3.05) is 50.6 Å². The van der Waals surface area contributed by atoms with Crippen LogP contribution in [0.4, 0.5) is 17.5 Å². The van der Waals surface area contributed by atoms with E-state index in [0.29, 0.717) is 5.95 Å². The highest BCUT2D eigenvalue weighted by atomic mass is 16.5. The summed E-state index contributed by atoms with van der Waals surface area (Å²) >= 11 is 0. The van der Waals surface area contributed by atoms with E-state index in [9.17, 15) is 0 Å². The van der Waals surface area contributed by atoms with E-state index in [0.717, 1.165) is 65.6 Å². The summed E-state index contributed by atoms with van der Waals surface area (Å²) in [6.45, 7) is 3.99. The Morgan fingerprint density at radius 2 is 1.78 bits per heavy atom. The zero-order valence-electron chi connectivity index (χ0n) is 18.2. The first-order valence-electron chi connectivity index (χ1n) is 10.6. The molecule has 0 unspecified atom stereocenters. The molecule has 0 aliphatic carbocycles. The van der Waals surface area contributed by atoms with Crippen molar-refractivity contribution >= 4 is 28.4 Å². The van der Waals surface area contributed by atoms with Gasteiger partial charge in [-0.05, 0) is 43.4 Å². The number of hydrogen-bond donors (Lipinski definition) is 1. The molecule has 2 aromatic carbocycles. The first kappa shape index (κ1) is 20.1. The number of nitrogens with zero attached hydrogens (tertiary/aromatic N) is 6. The molecule has 0 bridgehead atoms. The first-order chi connectivity index (χ1) is 15.7. The van der Waals surface area contributed by atoms with E-state index in [-0.39, 0.29) is 0 Å². The van der Waals surface area contributed by atoms with Gasteiger partial charge in [0, 0.05) is 49.0 Å². The molecule has 0 saturated carbocycles. The molecule has 32 heavy (non-hydrogen) atoms. The smallest absolute Gasteiger partial charge is 0.227 e. The predicted molar refractivity (Wildman–Crippen MR) is 127 cm³/mol. The van der Waals surface area contributed by atoms with Crippen LogP contribution in [0.15, 0.2) is 61.1 Å². The summed E-state index contributed by atoms with van der Waals surface area (Å²) < 4.78 is 5.47. The monoisotopic (exact) mass is 427 g/mol. The summed E-state index contributed by atoms with van der Waals surface area (Å²) in [5, 5.41) is 4.35. The highest BCUT2D eigenvalue weighted by Gasteiger charge is 2.18. The number of aromatic nitrogens is 4. The minimum Gasteiger partial charge on any atom is -0.496 e. The molecule has 5 rings (SSSR count). The zero-order chi connectivity index (χ0) is 21.9. The van der Waals surface area contributed by atoms with Crippen molar-refractivity contribution in [3.63, 3.8) is 0 Å². The molecule has 162 valence electrons. The number of fused-ring (bicyclic) bond motifs is 1. The maximum absolute atomic E-state index is 5.47. The molecule has 2 aromatic heterocycles. The molecule has 0 atom stereocenters. The van der Waals surface area contributed by atoms with Crippen LogP contribution >= 0.6 is 0 Å². The van der Waals surface area contributed by atoms with Crippen molar-refractivity contribution in [3.05, 3.63) is 61.1 Å². The number of para-hydroxylation sites is 1. The van der Waals surface area contributed by atoms with Crippen LogP contribution in [0.3, 0.4) is 0 Å². The number of ether oxygens (including phenoxy) is 1. The number of hydrogen-bond acceptors (Lipinski definition) is 8. The van der Waals surface area contributed by atoms with E-state index in [1.54, 1.807) is 19.6 Å². The molecule has 1 aliphatic rings. The van der Waals surface area contributed by atoms with Crippen molar-refractivity contribution in [3.8, 4) is 17.0 Å². The van der Waals surface area contributed by atoms with Crippen LogP contribution in [0.1, 0.15) is 0 Å². The third-order valence-electron chi connectivity index (χ3n) is 5.71. The van der Waals surface area contributed by atoms with Gasteiger partial charge < -0.3 is 19.9 Å². The number of anilines is 3. The molecular weight excluding hydrogens is 402 g/mol. The van der Waals surface area contributed by atoms with Gasteiger partial charge in [-0.1, -0.05) is 12.1 Å².